The number of sulfone groups is 1. The van der Waals surface area contributed by atoms with Gasteiger partial charge < -0.3 is 18.3 Å². The van der Waals surface area contributed by atoms with E-state index in [1.54, 1.807) is 38.5 Å². The Hall–Kier alpha value is -1.71. The van der Waals surface area contributed by atoms with E-state index < -0.39 is 18.4 Å². The van der Waals surface area contributed by atoms with Gasteiger partial charge in [0.15, 0.2) is 16.6 Å². The molecule has 2 rings (SSSR count). The summed E-state index contributed by atoms with van der Waals surface area (Å²) >= 11 is 0. The zero-order valence-electron chi connectivity index (χ0n) is 15.4. The number of benzene rings is 2. The van der Waals surface area contributed by atoms with Gasteiger partial charge in [-0.1, -0.05) is 24.3 Å². The molecule has 0 fully saturated rings. The molecule has 142 valence electrons. The van der Waals surface area contributed by atoms with Crippen LogP contribution in [0.4, 0.5) is 0 Å². The molecule has 6 nitrogen and oxygen atoms in total. The molecule has 0 unspecified atom stereocenters. The second-order valence-electron chi connectivity index (χ2n) is 5.83. The lowest BCUT2D eigenvalue weighted by atomic mass is 10.2. The summed E-state index contributed by atoms with van der Waals surface area (Å²) in [5, 5.41) is 0.947. The summed E-state index contributed by atoms with van der Waals surface area (Å²) in [4.78, 5) is 0.249. The lowest BCUT2D eigenvalue weighted by Crippen LogP contribution is -2.49. The molecule has 2 aromatic rings. The molecule has 0 aromatic heterocycles. The predicted octanol–water partition coefficient (Wildman–Crippen LogP) is 2.21. The molecule has 0 spiro atoms. The van der Waals surface area contributed by atoms with Gasteiger partial charge in [0.2, 0.25) is 0 Å². The average molecular weight is 397 g/mol. The predicted molar refractivity (Wildman–Crippen MR) is 102 cm³/mol. The summed E-state index contributed by atoms with van der Waals surface area (Å²) < 4.78 is 46.3. The van der Waals surface area contributed by atoms with Crippen LogP contribution in [0.1, 0.15) is 5.56 Å². The summed E-state index contributed by atoms with van der Waals surface area (Å²) in [5.41, 5.74) is 0.706. The Labute approximate surface area is 155 Å². The second-order valence-corrected chi connectivity index (χ2v) is 11.1. The van der Waals surface area contributed by atoms with Crippen molar-refractivity contribution in [3.05, 3.63) is 54.1 Å². The van der Waals surface area contributed by atoms with Gasteiger partial charge in [0, 0.05) is 21.3 Å². The van der Waals surface area contributed by atoms with Crippen molar-refractivity contribution in [1.29, 1.82) is 0 Å². The molecule has 2 aromatic carbocycles. The van der Waals surface area contributed by atoms with Gasteiger partial charge in [-0.15, -0.1) is 0 Å². The van der Waals surface area contributed by atoms with Gasteiger partial charge in [0.1, 0.15) is 5.75 Å². The van der Waals surface area contributed by atoms with Crippen molar-refractivity contribution in [2.45, 2.75) is 17.2 Å². The first-order valence-electron chi connectivity index (χ1n) is 7.99. The van der Waals surface area contributed by atoms with Gasteiger partial charge in [-0.2, -0.15) is 0 Å². The molecular formula is C18H24O6SSi. The SMILES string of the molecule is COCOc1ccc(S(=O)(=O)Cc2ccc([Si](C)(OC)OC)cc2)cc1. The molecule has 0 N–H and O–H groups in total. The fourth-order valence-electron chi connectivity index (χ4n) is 2.40. The third-order valence-electron chi connectivity index (χ3n) is 4.14. The molecule has 0 radical (unpaired) electrons. The Morgan fingerprint density at radius 1 is 0.885 bits per heavy atom. The highest BCUT2D eigenvalue weighted by Crippen LogP contribution is 2.20. The topological polar surface area (TPSA) is 71.1 Å². The van der Waals surface area contributed by atoms with Gasteiger partial charge in [-0.3, -0.25) is 0 Å². The highest BCUT2D eigenvalue weighted by Gasteiger charge is 2.31. The molecule has 0 saturated heterocycles. The quantitative estimate of drug-likeness (QED) is 0.478. The summed E-state index contributed by atoms with van der Waals surface area (Å²) in [6, 6.07) is 13.6. The first-order valence-corrected chi connectivity index (χ1v) is 12.0. The highest BCUT2D eigenvalue weighted by molar-refractivity contribution is 7.90. The maximum atomic E-state index is 12.6. The fourth-order valence-corrected chi connectivity index (χ4v) is 5.15. The zero-order chi connectivity index (χ0) is 19.2. The van der Waals surface area contributed by atoms with Crippen LogP contribution < -0.4 is 9.92 Å². The minimum atomic E-state index is -3.45. The number of rotatable bonds is 9. The smallest absolute Gasteiger partial charge is 0.368 e. The average Bonchev–Trinajstić information content (AvgIpc) is 2.66. The minimum absolute atomic E-state index is 0.0796. The minimum Gasteiger partial charge on any atom is -0.468 e. The van der Waals surface area contributed by atoms with E-state index in [0.29, 0.717) is 11.3 Å². The molecule has 0 bridgehead atoms. The summed E-state index contributed by atoms with van der Waals surface area (Å²) in [5.74, 6) is 0.475. The van der Waals surface area contributed by atoms with Gasteiger partial charge in [0.05, 0.1) is 10.6 Å². The van der Waals surface area contributed by atoms with Crippen LogP contribution in [0.5, 0.6) is 5.75 Å². The van der Waals surface area contributed by atoms with Crippen LogP contribution in [0, 0.1) is 0 Å². The molecule has 0 aliphatic carbocycles. The van der Waals surface area contributed by atoms with Gasteiger partial charge in [-0.05, 0) is 41.6 Å². The van der Waals surface area contributed by atoms with E-state index >= 15 is 0 Å². The fraction of sp³-hybridized carbons (Fsp3) is 0.333. The van der Waals surface area contributed by atoms with E-state index in [2.05, 4.69) is 0 Å². The number of hydrogen-bond donors (Lipinski definition) is 0. The molecule has 0 aliphatic heterocycles. The Morgan fingerprint density at radius 2 is 1.46 bits per heavy atom. The number of ether oxygens (including phenoxy) is 2. The Balaban J connectivity index is 2.14. The van der Waals surface area contributed by atoms with Crippen LogP contribution in [0.3, 0.4) is 0 Å². The van der Waals surface area contributed by atoms with Crippen molar-refractivity contribution in [3.8, 4) is 5.75 Å². The molecule has 26 heavy (non-hydrogen) atoms. The van der Waals surface area contributed by atoms with Crippen LogP contribution in [0.2, 0.25) is 6.55 Å². The first-order chi connectivity index (χ1) is 12.3. The Morgan fingerprint density at radius 3 is 1.96 bits per heavy atom. The normalized spacial score (nSPS) is 12.2. The number of hydrogen-bond acceptors (Lipinski definition) is 6. The van der Waals surface area contributed by atoms with Gasteiger partial charge >= 0.3 is 8.56 Å². The molecule has 8 heteroatoms. The molecule has 0 amide bonds. The largest absolute Gasteiger partial charge is 0.468 e. The monoisotopic (exact) mass is 396 g/mol. The van der Waals surface area contributed by atoms with Gasteiger partial charge in [0.25, 0.3) is 0 Å². The van der Waals surface area contributed by atoms with E-state index in [1.165, 1.54) is 19.2 Å². The van der Waals surface area contributed by atoms with E-state index in [9.17, 15) is 8.42 Å². The molecule has 0 aliphatic rings. The standard InChI is InChI=1S/C18H24O6SSi/c1-21-14-24-16-7-9-17(10-8-16)25(19,20)13-15-5-11-18(12-6-15)26(4,22-2)23-3/h5-12H,13-14H2,1-4H3. The van der Waals surface area contributed by atoms with Crippen molar-refractivity contribution in [2.75, 3.05) is 28.1 Å². The Kier molecular flexibility index (Phi) is 6.96. The summed E-state index contributed by atoms with van der Waals surface area (Å²) in [6.07, 6.45) is 0. The van der Waals surface area contributed by atoms with Crippen molar-refractivity contribution < 1.29 is 26.7 Å². The van der Waals surface area contributed by atoms with Crippen molar-refractivity contribution in [2.24, 2.45) is 0 Å². The summed E-state index contributed by atoms with van der Waals surface area (Å²) in [7, 11) is -1.10. The summed E-state index contributed by atoms with van der Waals surface area (Å²) in [6.45, 7) is 2.05. The van der Waals surface area contributed by atoms with Gasteiger partial charge in [-0.25, -0.2) is 8.42 Å². The lowest BCUT2D eigenvalue weighted by molar-refractivity contribution is 0.0511. The van der Waals surface area contributed by atoms with Crippen molar-refractivity contribution >= 4 is 23.6 Å². The van der Waals surface area contributed by atoms with Crippen molar-refractivity contribution in [1.82, 2.24) is 0 Å². The van der Waals surface area contributed by atoms with E-state index in [1.807, 2.05) is 18.7 Å². The number of methoxy groups -OCH3 is 1. The van der Waals surface area contributed by atoms with Crippen molar-refractivity contribution in [3.63, 3.8) is 0 Å². The van der Waals surface area contributed by atoms with Crippen LogP contribution >= 0.6 is 0 Å². The molecule has 0 saturated carbocycles. The molecule has 0 heterocycles. The van der Waals surface area contributed by atoms with E-state index in [4.69, 9.17) is 18.3 Å². The third kappa shape index (κ3) is 4.92. The van der Waals surface area contributed by atoms with Crippen LogP contribution in [0.15, 0.2) is 53.4 Å². The highest BCUT2D eigenvalue weighted by atomic mass is 32.2. The molecule has 0 atom stereocenters. The zero-order valence-corrected chi connectivity index (χ0v) is 17.2. The Bertz CT molecular complexity index is 799. The van der Waals surface area contributed by atoms with Crippen LogP contribution in [-0.2, 0) is 29.2 Å². The third-order valence-corrected chi connectivity index (χ3v) is 8.78. The maximum Gasteiger partial charge on any atom is 0.368 e. The molecular weight excluding hydrogens is 372 g/mol. The van der Waals surface area contributed by atoms with E-state index in [-0.39, 0.29) is 17.4 Å². The lowest BCUT2D eigenvalue weighted by Gasteiger charge is -2.23. The first kappa shape index (κ1) is 20.6. The van der Waals surface area contributed by atoms with Crippen LogP contribution in [-0.4, -0.2) is 45.1 Å². The second kappa shape index (κ2) is 8.78. The van der Waals surface area contributed by atoms with Crippen LogP contribution in [0.25, 0.3) is 0 Å². The van der Waals surface area contributed by atoms with E-state index in [0.717, 1.165) is 5.19 Å². The maximum absolute atomic E-state index is 12.6.